The van der Waals surface area contributed by atoms with Gasteiger partial charge in [-0.1, -0.05) is 130 Å². The number of nitrogens with zero attached hydrogens (tertiary/aromatic N) is 1. The molecule has 15 radical (unpaired) electrons. The summed E-state index contributed by atoms with van der Waals surface area (Å²) >= 11 is -1.65. The number of hydrogen-bond acceptors (Lipinski definition) is 0. The molecule has 0 bridgehead atoms. The zero-order valence-electron chi connectivity index (χ0n) is 28.0. The van der Waals surface area contributed by atoms with Gasteiger partial charge < -0.3 is 4.98 Å². The first kappa shape index (κ1) is 44.0. The van der Waals surface area contributed by atoms with Crippen LogP contribution in [0.1, 0.15) is 79.1 Å². The molecule has 3 saturated carbocycles. The molecule has 4 aliphatic carbocycles. The van der Waals surface area contributed by atoms with Crippen LogP contribution < -0.4 is 0 Å². The van der Waals surface area contributed by atoms with E-state index in [4.69, 9.17) is 39.0 Å². The Hall–Kier alpha value is 2.80. The summed E-state index contributed by atoms with van der Waals surface area (Å²) in [6.45, 7) is 14.3. The summed E-state index contributed by atoms with van der Waals surface area (Å²) in [5.74, 6) is 4.52. The average Bonchev–Trinajstić information content (AvgIpc) is 3.77. The molecule has 0 spiro atoms. The molecule has 1 nitrogen and oxygen atoms in total. The molecular weight excluding hydrogens is 827 g/mol. The average molecular weight is 878 g/mol. The van der Waals surface area contributed by atoms with Crippen molar-refractivity contribution >= 4 is 50.4 Å². The maximum atomic E-state index is 5.64. The minimum atomic E-state index is -2.00. The third-order valence-electron chi connectivity index (χ3n) is 8.78. The molecule has 45 heavy (non-hydrogen) atoms. The molecule has 1 atom stereocenters. The van der Waals surface area contributed by atoms with Gasteiger partial charge in [0.05, 0.1) is 8.07 Å². The van der Waals surface area contributed by atoms with Crippen molar-refractivity contribution in [1.29, 1.82) is 0 Å². The minimum absolute atomic E-state index is 0.00574. The van der Waals surface area contributed by atoms with E-state index in [1.807, 2.05) is 0 Å². The topological polar surface area (TPSA) is 14.1 Å². The fourth-order valence-corrected chi connectivity index (χ4v) is 14.7. The summed E-state index contributed by atoms with van der Waals surface area (Å²) in [6, 6.07) is 2.60. The van der Waals surface area contributed by atoms with Crippen LogP contribution in [0, 0.1) is 92.2 Å². The molecule has 0 aromatic heterocycles. The number of unbranched alkanes of at least 4 members (excludes halogenated alkanes) is 5. The van der Waals surface area contributed by atoms with Gasteiger partial charge in [0.25, 0.3) is 0 Å². The Balaban J connectivity index is 0.00000109. The fourth-order valence-electron chi connectivity index (χ4n) is 6.78. The van der Waals surface area contributed by atoms with E-state index in [-0.39, 0.29) is 5.54 Å². The normalized spacial score (nSPS) is 21.5. The Morgan fingerprint density at radius 2 is 1.18 bits per heavy atom. The van der Waals surface area contributed by atoms with Crippen LogP contribution in [0.5, 0.6) is 0 Å². The number of allylic oxidation sites excluding steroid dienone is 4. The molecule has 241 valence electrons. The molecule has 0 heterocycles. The molecule has 0 aromatic rings. The van der Waals surface area contributed by atoms with E-state index < -0.39 is 58.0 Å². The van der Waals surface area contributed by atoms with E-state index in [0.29, 0.717) is 0 Å². The standard InChI is InChI=1S/C36H51NSi2.4ClH.2Zr/c1-7-8-11-20-30-29-35(34-26-17-16-25-33(30)34)39(6,37-36(2,3)4)28-19-10-9-18-27-38(5,31-21-12-13-22-31)32-23-14-15-24-32;;;;;;/h12-17,21-26,29H,7-11,18-20,27-28H2,1-6H3;4*1H;;/q-1;;;;;2*+4/p-4. The van der Waals surface area contributed by atoms with Gasteiger partial charge in [0.1, 0.15) is 0 Å². The van der Waals surface area contributed by atoms with Gasteiger partial charge in [-0.15, -0.1) is 5.54 Å². The molecule has 0 amide bonds. The monoisotopic (exact) mass is 873 g/mol. The van der Waals surface area contributed by atoms with Gasteiger partial charge in [-0.05, 0) is 86.7 Å². The van der Waals surface area contributed by atoms with Gasteiger partial charge in [-0.3, -0.25) is 0 Å². The maximum absolute atomic E-state index is 5.64. The summed E-state index contributed by atoms with van der Waals surface area (Å²) in [6.07, 6.45) is 40.4. The first-order valence-corrected chi connectivity index (χ1v) is 34.3. The Bertz CT molecular complexity index is 827. The van der Waals surface area contributed by atoms with Crippen LogP contribution in [0.3, 0.4) is 0 Å². The SMILES string of the molecule is CCCCC[C]1[CH][C]([Si](C)(CCCCCC[Si](C)([C]2[CH][CH][CH][CH]2)[C]2[CH][CH][CH][CH]2)[N-]C(C)(C)C)[C]2C=CC=C[C]12.[Cl][Zr+2][Cl].[Cl][Zr+2][Cl]. The van der Waals surface area contributed by atoms with Crippen LogP contribution in [0.15, 0.2) is 24.3 Å². The van der Waals surface area contributed by atoms with Crippen molar-refractivity contribution in [3.05, 3.63) is 121 Å². The third kappa shape index (κ3) is 14.8. The number of rotatable bonds is 15. The fraction of sp³-hybridized carbons (Fsp3) is 0.472. The molecule has 0 N–H and O–H groups in total. The molecule has 0 saturated heterocycles. The first-order valence-electron chi connectivity index (χ1n) is 16.3. The van der Waals surface area contributed by atoms with Gasteiger partial charge in [0, 0.05) is 11.8 Å². The zero-order chi connectivity index (χ0) is 33.3. The number of fused-ring (bicyclic) bond motifs is 1. The van der Waals surface area contributed by atoms with Crippen LogP contribution in [0.2, 0.25) is 25.2 Å². The van der Waals surface area contributed by atoms with Crippen molar-refractivity contribution < 1.29 is 41.7 Å². The van der Waals surface area contributed by atoms with E-state index in [0.717, 1.165) is 0 Å². The summed E-state index contributed by atoms with van der Waals surface area (Å²) in [5.41, 5.74) is 4.77. The molecule has 9 heteroatoms. The van der Waals surface area contributed by atoms with Gasteiger partial charge in [0.15, 0.2) is 0 Å². The van der Waals surface area contributed by atoms with Gasteiger partial charge in [-0.2, -0.15) is 0 Å². The van der Waals surface area contributed by atoms with Crippen molar-refractivity contribution in [1.82, 2.24) is 0 Å². The summed E-state index contributed by atoms with van der Waals surface area (Å²) < 4.78 is 0. The molecule has 0 aromatic carbocycles. The van der Waals surface area contributed by atoms with E-state index in [1.165, 1.54) is 75.3 Å². The first-order chi connectivity index (χ1) is 21.5. The van der Waals surface area contributed by atoms with Gasteiger partial charge in [-0.25, -0.2) is 0 Å². The van der Waals surface area contributed by atoms with Crippen molar-refractivity contribution in [3.8, 4) is 0 Å². The van der Waals surface area contributed by atoms with Crippen LogP contribution in [0.25, 0.3) is 4.98 Å². The van der Waals surface area contributed by atoms with Crippen LogP contribution in [-0.4, -0.2) is 21.8 Å². The van der Waals surface area contributed by atoms with E-state index in [1.54, 1.807) is 22.5 Å². The summed E-state index contributed by atoms with van der Waals surface area (Å²) in [5, 5.41) is 0. The number of hydrogen-bond donors (Lipinski definition) is 0. The molecule has 0 aliphatic heterocycles. The summed E-state index contributed by atoms with van der Waals surface area (Å²) in [4.78, 5) is 5.64. The van der Waals surface area contributed by atoms with Crippen LogP contribution >= 0.6 is 34.1 Å². The van der Waals surface area contributed by atoms with Crippen LogP contribution in [0.4, 0.5) is 0 Å². The van der Waals surface area contributed by atoms with E-state index >= 15 is 0 Å². The summed E-state index contributed by atoms with van der Waals surface area (Å²) in [7, 11) is 16.1. The zero-order valence-corrected chi connectivity index (χ0v) is 38.0. The molecule has 4 aliphatic rings. The predicted octanol–water partition coefficient (Wildman–Crippen LogP) is 12.8. The van der Waals surface area contributed by atoms with E-state index in [9.17, 15) is 0 Å². The predicted molar refractivity (Wildman–Crippen MR) is 198 cm³/mol. The Kier molecular flexibility index (Phi) is 22.8. The molecule has 1 unspecified atom stereocenters. The van der Waals surface area contributed by atoms with Crippen molar-refractivity contribution in [2.45, 2.75) is 110 Å². The molecule has 4 rings (SSSR count). The third-order valence-corrected chi connectivity index (χ3v) is 17.4. The van der Waals surface area contributed by atoms with Gasteiger partial charge in [0.2, 0.25) is 0 Å². The Morgan fingerprint density at radius 3 is 1.67 bits per heavy atom. The van der Waals surface area contributed by atoms with E-state index in [2.05, 4.69) is 123 Å². The molecular formula is C36H51Cl4NSi2Zr2+3. The second-order valence-electron chi connectivity index (χ2n) is 13.4. The van der Waals surface area contributed by atoms with Crippen molar-refractivity contribution in [2.24, 2.45) is 0 Å². The van der Waals surface area contributed by atoms with Crippen molar-refractivity contribution in [3.63, 3.8) is 0 Å². The Morgan fingerprint density at radius 1 is 0.689 bits per heavy atom. The number of halogens is 4. The van der Waals surface area contributed by atoms with Gasteiger partial charge >= 0.3 is 75.7 Å². The van der Waals surface area contributed by atoms with Crippen LogP contribution in [-0.2, 0) is 41.7 Å². The second-order valence-corrected chi connectivity index (χ2v) is 29.0. The molecule has 3 fully saturated rings. The Labute approximate surface area is 319 Å². The van der Waals surface area contributed by atoms with Crippen molar-refractivity contribution in [2.75, 3.05) is 0 Å². The second kappa shape index (κ2) is 23.4. The quantitative estimate of drug-likeness (QED) is 0.115.